The van der Waals surface area contributed by atoms with Crippen molar-refractivity contribution in [2.45, 2.75) is 46.6 Å². The third-order valence-electron chi connectivity index (χ3n) is 3.22. The van der Waals surface area contributed by atoms with Crippen LogP contribution in [0.25, 0.3) is 0 Å². The molecule has 0 aliphatic carbocycles. The molecule has 0 saturated carbocycles. The molecule has 0 saturated heterocycles. The lowest BCUT2D eigenvalue weighted by molar-refractivity contribution is 0.346. The molecule has 2 nitrogen and oxygen atoms in total. The summed E-state index contributed by atoms with van der Waals surface area (Å²) in [4.78, 5) is 4.27. The van der Waals surface area contributed by atoms with Crippen molar-refractivity contribution < 1.29 is 0 Å². The van der Waals surface area contributed by atoms with Crippen molar-refractivity contribution in [3.8, 4) is 0 Å². The molecule has 1 rings (SSSR count). The fraction of sp³-hybridized carbons (Fsp3) is 0.643. The molecule has 1 heterocycles. The van der Waals surface area contributed by atoms with Crippen molar-refractivity contribution in [2.24, 2.45) is 5.92 Å². The van der Waals surface area contributed by atoms with Gasteiger partial charge in [-0.1, -0.05) is 33.6 Å². The average Bonchev–Trinajstić information content (AvgIpc) is 2.29. The average molecular weight is 220 g/mol. The zero-order chi connectivity index (χ0) is 12.0. The van der Waals surface area contributed by atoms with E-state index < -0.39 is 0 Å². The maximum atomic E-state index is 4.27. The molecule has 16 heavy (non-hydrogen) atoms. The Morgan fingerprint density at radius 3 is 2.44 bits per heavy atom. The third kappa shape index (κ3) is 3.31. The lowest BCUT2D eigenvalue weighted by Gasteiger charge is -2.26. The highest BCUT2D eigenvalue weighted by molar-refractivity contribution is 5.20. The predicted molar refractivity (Wildman–Crippen MR) is 69.5 cm³/mol. The Morgan fingerprint density at radius 2 is 1.94 bits per heavy atom. The summed E-state index contributed by atoms with van der Waals surface area (Å²) in [6, 6.07) is 4.81. The van der Waals surface area contributed by atoms with Crippen LogP contribution < -0.4 is 5.32 Å². The minimum atomic E-state index is 0.474. The highest BCUT2D eigenvalue weighted by Crippen LogP contribution is 2.27. The standard InChI is InChI=1S/C14H24N2/c1-5-12(6-2)14(15-7-3)13-8-9-16-11(4)10-13/h8-10,12,14-15H,5-7H2,1-4H3. The Balaban J connectivity index is 2.91. The van der Waals surface area contributed by atoms with Crippen molar-refractivity contribution in [3.05, 3.63) is 29.6 Å². The lowest BCUT2D eigenvalue weighted by Crippen LogP contribution is -2.27. The molecule has 0 amide bonds. The van der Waals surface area contributed by atoms with E-state index in [1.165, 1.54) is 18.4 Å². The quantitative estimate of drug-likeness (QED) is 0.794. The zero-order valence-electron chi connectivity index (χ0n) is 11.0. The molecule has 0 bridgehead atoms. The Bertz CT molecular complexity index is 305. The van der Waals surface area contributed by atoms with Gasteiger partial charge in [-0.15, -0.1) is 0 Å². The number of pyridine rings is 1. The summed E-state index contributed by atoms with van der Waals surface area (Å²) in [5.41, 5.74) is 2.48. The number of hydrogen-bond acceptors (Lipinski definition) is 2. The topological polar surface area (TPSA) is 24.9 Å². The van der Waals surface area contributed by atoms with Gasteiger partial charge in [-0.05, 0) is 37.1 Å². The molecular weight excluding hydrogens is 196 g/mol. The second kappa shape index (κ2) is 6.64. The maximum Gasteiger partial charge on any atom is 0.0375 e. The molecule has 0 radical (unpaired) electrons. The molecular formula is C14H24N2. The van der Waals surface area contributed by atoms with Gasteiger partial charge in [0.05, 0.1) is 0 Å². The summed E-state index contributed by atoms with van der Waals surface area (Å²) in [5.74, 6) is 0.710. The first-order chi connectivity index (χ1) is 7.72. The van der Waals surface area contributed by atoms with E-state index in [0.29, 0.717) is 12.0 Å². The first-order valence-electron chi connectivity index (χ1n) is 6.38. The van der Waals surface area contributed by atoms with Gasteiger partial charge < -0.3 is 5.32 Å². The van der Waals surface area contributed by atoms with Crippen LogP contribution in [0.15, 0.2) is 18.3 Å². The predicted octanol–water partition coefficient (Wildman–Crippen LogP) is 3.48. The van der Waals surface area contributed by atoms with E-state index in [4.69, 9.17) is 0 Å². The van der Waals surface area contributed by atoms with E-state index in [1.807, 2.05) is 6.20 Å². The number of aromatic nitrogens is 1. The molecule has 0 spiro atoms. The van der Waals surface area contributed by atoms with Crippen LogP contribution in [0.1, 0.15) is 50.9 Å². The van der Waals surface area contributed by atoms with E-state index in [1.54, 1.807) is 0 Å². The molecule has 0 aromatic carbocycles. The van der Waals surface area contributed by atoms with Gasteiger partial charge in [-0.3, -0.25) is 4.98 Å². The number of hydrogen-bond donors (Lipinski definition) is 1. The normalized spacial score (nSPS) is 13.1. The van der Waals surface area contributed by atoms with Crippen molar-refractivity contribution in [1.82, 2.24) is 10.3 Å². The van der Waals surface area contributed by atoms with Gasteiger partial charge in [0.25, 0.3) is 0 Å². The molecule has 0 fully saturated rings. The number of aryl methyl sites for hydroxylation is 1. The number of nitrogens with zero attached hydrogens (tertiary/aromatic N) is 1. The van der Waals surface area contributed by atoms with Gasteiger partial charge in [0.15, 0.2) is 0 Å². The molecule has 2 heteroatoms. The van der Waals surface area contributed by atoms with Crippen molar-refractivity contribution in [2.75, 3.05) is 6.54 Å². The highest BCUT2D eigenvalue weighted by atomic mass is 14.9. The second-order valence-corrected chi connectivity index (χ2v) is 4.34. The molecule has 0 aliphatic rings. The van der Waals surface area contributed by atoms with Crippen LogP contribution in [-0.4, -0.2) is 11.5 Å². The summed E-state index contributed by atoms with van der Waals surface area (Å²) in [5, 5.41) is 3.60. The van der Waals surface area contributed by atoms with E-state index in [2.05, 4.69) is 50.1 Å². The van der Waals surface area contributed by atoms with Gasteiger partial charge in [0.1, 0.15) is 0 Å². The van der Waals surface area contributed by atoms with Crippen LogP contribution in [0.2, 0.25) is 0 Å². The monoisotopic (exact) mass is 220 g/mol. The van der Waals surface area contributed by atoms with Gasteiger partial charge in [-0.25, -0.2) is 0 Å². The first-order valence-corrected chi connectivity index (χ1v) is 6.38. The minimum Gasteiger partial charge on any atom is -0.310 e. The summed E-state index contributed by atoms with van der Waals surface area (Å²) in [6.07, 6.45) is 4.35. The molecule has 90 valence electrons. The Morgan fingerprint density at radius 1 is 1.25 bits per heavy atom. The number of rotatable bonds is 6. The maximum absolute atomic E-state index is 4.27. The van der Waals surface area contributed by atoms with Crippen molar-refractivity contribution in [1.29, 1.82) is 0 Å². The summed E-state index contributed by atoms with van der Waals surface area (Å²) < 4.78 is 0. The molecule has 1 atom stereocenters. The fourth-order valence-electron chi connectivity index (χ4n) is 2.30. The van der Waals surface area contributed by atoms with E-state index in [9.17, 15) is 0 Å². The SMILES string of the molecule is CCNC(c1ccnc(C)c1)C(CC)CC. The largest absolute Gasteiger partial charge is 0.310 e. The van der Waals surface area contributed by atoms with Gasteiger partial charge in [0, 0.05) is 17.9 Å². The minimum absolute atomic E-state index is 0.474. The van der Waals surface area contributed by atoms with Gasteiger partial charge >= 0.3 is 0 Å². The van der Waals surface area contributed by atoms with Crippen LogP contribution >= 0.6 is 0 Å². The summed E-state index contributed by atoms with van der Waals surface area (Å²) >= 11 is 0. The second-order valence-electron chi connectivity index (χ2n) is 4.34. The highest BCUT2D eigenvalue weighted by Gasteiger charge is 2.19. The first kappa shape index (κ1) is 13.2. The molecule has 1 unspecified atom stereocenters. The van der Waals surface area contributed by atoms with Gasteiger partial charge in [0.2, 0.25) is 0 Å². The van der Waals surface area contributed by atoms with E-state index >= 15 is 0 Å². The Hall–Kier alpha value is -0.890. The van der Waals surface area contributed by atoms with Gasteiger partial charge in [-0.2, -0.15) is 0 Å². The fourth-order valence-corrected chi connectivity index (χ4v) is 2.30. The van der Waals surface area contributed by atoms with Crippen molar-refractivity contribution >= 4 is 0 Å². The Kier molecular flexibility index (Phi) is 5.47. The summed E-state index contributed by atoms with van der Waals surface area (Å²) in [6.45, 7) is 9.78. The third-order valence-corrected chi connectivity index (χ3v) is 3.22. The molecule has 1 aromatic rings. The van der Waals surface area contributed by atoms with Crippen molar-refractivity contribution in [3.63, 3.8) is 0 Å². The molecule has 1 aromatic heterocycles. The smallest absolute Gasteiger partial charge is 0.0375 e. The van der Waals surface area contributed by atoms with Crippen LogP contribution in [-0.2, 0) is 0 Å². The lowest BCUT2D eigenvalue weighted by atomic mass is 9.89. The molecule has 0 aliphatic heterocycles. The summed E-state index contributed by atoms with van der Waals surface area (Å²) in [7, 11) is 0. The number of nitrogens with one attached hydrogen (secondary N) is 1. The van der Waals surface area contributed by atoms with Crippen LogP contribution in [0, 0.1) is 12.8 Å². The van der Waals surface area contributed by atoms with Crippen LogP contribution in [0.5, 0.6) is 0 Å². The Labute approximate surface area is 99.5 Å². The van der Waals surface area contributed by atoms with Crippen LogP contribution in [0.3, 0.4) is 0 Å². The van der Waals surface area contributed by atoms with Crippen LogP contribution in [0.4, 0.5) is 0 Å². The van der Waals surface area contributed by atoms with E-state index in [-0.39, 0.29) is 0 Å². The molecule has 1 N–H and O–H groups in total. The zero-order valence-corrected chi connectivity index (χ0v) is 11.0. The van der Waals surface area contributed by atoms with E-state index in [0.717, 1.165) is 12.2 Å².